The van der Waals surface area contributed by atoms with Crippen molar-refractivity contribution < 1.29 is 39.5 Å². The van der Waals surface area contributed by atoms with Gasteiger partial charge in [-0.25, -0.2) is 19.6 Å². The molecule has 162 valence electrons. The standard InChI is InChI=1S/C22H16N2O8/c1-31-21(29)9-7-13-17(24-12-6-4-3-5-11(12)23-13)19(27)15(9)16-10(22(30)32-2)8-14(25)18(26)20(16)28/h3-8,25-28H,1-2H3. The summed E-state index contributed by atoms with van der Waals surface area (Å²) in [5, 5.41) is 41.7. The molecule has 4 N–H and O–H groups in total. The monoisotopic (exact) mass is 436 g/mol. The number of carbonyl (C=O) groups is 2. The van der Waals surface area contributed by atoms with E-state index in [0.29, 0.717) is 11.0 Å². The number of esters is 2. The molecule has 0 radical (unpaired) electrons. The van der Waals surface area contributed by atoms with Crippen LogP contribution in [0.5, 0.6) is 23.0 Å². The molecule has 1 heterocycles. The van der Waals surface area contributed by atoms with E-state index < -0.39 is 46.1 Å². The van der Waals surface area contributed by atoms with Crippen molar-refractivity contribution in [3.63, 3.8) is 0 Å². The van der Waals surface area contributed by atoms with E-state index in [2.05, 4.69) is 9.97 Å². The van der Waals surface area contributed by atoms with Gasteiger partial charge in [0.1, 0.15) is 5.52 Å². The van der Waals surface area contributed by atoms with Gasteiger partial charge in [-0.1, -0.05) is 12.1 Å². The Morgan fingerprint density at radius 2 is 1.25 bits per heavy atom. The number of benzene rings is 3. The highest BCUT2D eigenvalue weighted by Gasteiger charge is 2.31. The second-order valence-electron chi connectivity index (χ2n) is 6.73. The number of hydrogen-bond donors (Lipinski definition) is 4. The maximum Gasteiger partial charge on any atom is 0.338 e. The Balaban J connectivity index is 2.20. The number of methoxy groups -OCH3 is 2. The lowest BCUT2D eigenvalue weighted by atomic mass is 9.91. The number of aromatic hydroxyl groups is 4. The Morgan fingerprint density at radius 1 is 0.719 bits per heavy atom. The zero-order valence-corrected chi connectivity index (χ0v) is 16.8. The van der Waals surface area contributed by atoms with Gasteiger partial charge in [0.15, 0.2) is 17.2 Å². The molecule has 0 aliphatic carbocycles. The first kappa shape index (κ1) is 20.7. The second-order valence-corrected chi connectivity index (χ2v) is 6.73. The highest BCUT2D eigenvalue weighted by Crippen LogP contribution is 2.50. The third kappa shape index (κ3) is 3.05. The molecule has 0 fully saturated rings. The number of ether oxygens (including phenoxy) is 2. The van der Waals surface area contributed by atoms with Gasteiger partial charge in [-0.2, -0.15) is 0 Å². The summed E-state index contributed by atoms with van der Waals surface area (Å²) in [5.74, 6) is -5.27. The Hall–Kier alpha value is -4.60. The van der Waals surface area contributed by atoms with E-state index in [9.17, 15) is 30.0 Å². The molecule has 0 unspecified atom stereocenters. The third-order valence-electron chi connectivity index (χ3n) is 4.92. The molecular formula is C22H16N2O8. The van der Waals surface area contributed by atoms with Crippen LogP contribution in [0.1, 0.15) is 20.7 Å². The molecule has 4 rings (SSSR count). The van der Waals surface area contributed by atoms with Crippen LogP contribution in [0.4, 0.5) is 0 Å². The van der Waals surface area contributed by atoms with Crippen LogP contribution in [0, 0.1) is 0 Å². The van der Waals surface area contributed by atoms with Crippen molar-refractivity contribution in [2.45, 2.75) is 0 Å². The minimum atomic E-state index is -1.01. The SMILES string of the molecule is COC(=O)c1cc(O)c(O)c(O)c1-c1c(C(=O)OC)cc2nc3ccccc3nc2c1O. The van der Waals surface area contributed by atoms with Gasteiger partial charge in [0.25, 0.3) is 0 Å². The Morgan fingerprint density at radius 3 is 1.84 bits per heavy atom. The average Bonchev–Trinajstić information content (AvgIpc) is 2.80. The van der Waals surface area contributed by atoms with Crippen LogP contribution in [-0.4, -0.2) is 56.6 Å². The van der Waals surface area contributed by atoms with Crippen LogP contribution in [0.15, 0.2) is 36.4 Å². The summed E-state index contributed by atoms with van der Waals surface area (Å²) in [6.07, 6.45) is 0. The predicted octanol–water partition coefficient (Wildman–Crippen LogP) is 2.85. The van der Waals surface area contributed by atoms with E-state index in [-0.39, 0.29) is 22.2 Å². The van der Waals surface area contributed by atoms with E-state index in [4.69, 9.17) is 9.47 Å². The molecule has 10 heteroatoms. The molecule has 0 amide bonds. The lowest BCUT2D eigenvalue weighted by Gasteiger charge is -2.17. The number of fused-ring (bicyclic) bond motifs is 2. The Bertz CT molecular complexity index is 1430. The van der Waals surface area contributed by atoms with Crippen molar-refractivity contribution in [3.8, 4) is 34.1 Å². The lowest BCUT2D eigenvalue weighted by molar-refractivity contribution is 0.0589. The van der Waals surface area contributed by atoms with Crippen molar-refractivity contribution in [2.75, 3.05) is 14.2 Å². The smallest absolute Gasteiger partial charge is 0.338 e. The van der Waals surface area contributed by atoms with Crippen molar-refractivity contribution in [3.05, 3.63) is 47.5 Å². The predicted molar refractivity (Wildman–Crippen MR) is 112 cm³/mol. The van der Waals surface area contributed by atoms with Crippen LogP contribution in [0.3, 0.4) is 0 Å². The number of para-hydroxylation sites is 2. The molecule has 0 bridgehead atoms. The molecule has 1 aromatic heterocycles. The number of nitrogens with zero attached hydrogens (tertiary/aromatic N) is 2. The molecule has 4 aromatic rings. The lowest BCUT2D eigenvalue weighted by Crippen LogP contribution is -2.09. The summed E-state index contributed by atoms with van der Waals surface area (Å²) in [4.78, 5) is 33.7. The zero-order valence-electron chi connectivity index (χ0n) is 16.8. The summed E-state index contributed by atoms with van der Waals surface area (Å²) in [6, 6.07) is 8.96. The molecule has 32 heavy (non-hydrogen) atoms. The largest absolute Gasteiger partial charge is 0.505 e. The highest BCUT2D eigenvalue weighted by molar-refractivity contribution is 6.11. The first-order valence-electron chi connectivity index (χ1n) is 9.15. The normalized spacial score (nSPS) is 10.9. The maximum atomic E-state index is 12.6. The minimum absolute atomic E-state index is 0.0332. The molecule has 0 spiro atoms. The summed E-state index contributed by atoms with van der Waals surface area (Å²) in [5.41, 5.74) is -0.450. The minimum Gasteiger partial charge on any atom is -0.505 e. The van der Waals surface area contributed by atoms with E-state index in [0.717, 1.165) is 20.3 Å². The van der Waals surface area contributed by atoms with Gasteiger partial charge >= 0.3 is 11.9 Å². The Kier molecular flexibility index (Phi) is 4.90. The molecule has 10 nitrogen and oxygen atoms in total. The van der Waals surface area contributed by atoms with Gasteiger partial charge < -0.3 is 29.9 Å². The fraction of sp³-hybridized carbons (Fsp3) is 0.0909. The maximum absolute atomic E-state index is 12.6. The van der Waals surface area contributed by atoms with Crippen LogP contribution < -0.4 is 0 Å². The van der Waals surface area contributed by atoms with E-state index in [1.165, 1.54) is 6.07 Å². The van der Waals surface area contributed by atoms with Crippen LogP contribution in [-0.2, 0) is 9.47 Å². The fourth-order valence-electron chi connectivity index (χ4n) is 3.44. The number of rotatable bonds is 3. The van der Waals surface area contributed by atoms with E-state index >= 15 is 0 Å². The van der Waals surface area contributed by atoms with Gasteiger partial charge in [0.2, 0.25) is 5.75 Å². The van der Waals surface area contributed by atoms with Crippen LogP contribution >= 0.6 is 0 Å². The molecule has 0 saturated heterocycles. The van der Waals surface area contributed by atoms with Gasteiger partial charge in [-0.15, -0.1) is 0 Å². The number of phenols is 4. The first-order chi connectivity index (χ1) is 15.3. The van der Waals surface area contributed by atoms with Crippen molar-refractivity contribution in [1.82, 2.24) is 9.97 Å². The van der Waals surface area contributed by atoms with Gasteiger partial charge in [0.05, 0.1) is 41.9 Å². The summed E-state index contributed by atoms with van der Waals surface area (Å²) < 4.78 is 9.49. The van der Waals surface area contributed by atoms with Crippen molar-refractivity contribution >= 4 is 34.0 Å². The Labute approximate surface area is 179 Å². The van der Waals surface area contributed by atoms with Crippen molar-refractivity contribution in [2.24, 2.45) is 0 Å². The molecule has 0 aliphatic rings. The number of carbonyl (C=O) groups excluding carboxylic acids is 2. The summed E-state index contributed by atoms with van der Waals surface area (Å²) >= 11 is 0. The number of aromatic nitrogens is 2. The molecule has 3 aromatic carbocycles. The van der Waals surface area contributed by atoms with E-state index in [1.54, 1.807) is 24.3 Å². The van der Waals surface area contributed by atoms with Gasteiger partial charge in [-0.05, 0) is 24.3 Å². The van der Waals surface area contributed by atoms with Gasteiger partial charge in [0, 0.05) is 11.1 Å². The van der Waals surface area contributed by atoms with Crippen molar-refractivity contribution in [1.29, 1.82) is 0 Å². The molecule has 0 aliphatic heterocycles. The summed E-state index contributed by atoms with van der Waals surface area (Å²) in [6.45, 7) is 0. The van der Waals surface area contributed by atoms with Crippen LogP contribution in [0.2, 0.25) is 0 Å². The molecule has 0 saturated carbocycles. The van der Waals surface area contributed by atoms with Gasteiger partial charge in [-0.3, -0.25) is 0 Å². The molecule has 0 atom stereocenters. The fourth-order valence-corrected chi connectivity index (χ4v) is 3.44. The first-order valence-corrected chi connectivity index (χ1v) is 9.15. The van der Waals surface area contributed by atoms with Crippen LogP contribution in [0.25, 0.3) is 33.2 Å². The summed E-state index contributed by atoms with van der Waals surface area (Å²) in [7, 11) is 2.17. The molecular weight excluding hydrogens is 420 g/mol. The number of hydrogen-bond acceptors (Lipinski definition) is 10. The second kappa shape index (κ2) is 7.58. The number of phenolic OH excluding ortho intramolecular Hbond substituents is 4. The third-order valence-corrected chi connectivity index (χ3v) is 4.92. The topological polar surface area (TPSA) is 159 Å². The quantitative estimate of drug-likeness (QED) is 0.214. The highest BCUT2D eigenvalue weighted by atomic mass is 16.5. The average molecular weight is 436 g/mol. The zero-order chi connectivity index (χ0) is 23.2. The van der Waals surface area contributed by atoms with E-state index in [1.807, 2.05) is 0 Å².